The predicted molar refractivity (Wildman–Crippen MR) is 124 cm³/mol. The molecule has 0 spiro atoms. The highest BCUT2D eigenvalue weighted by Gasteiger charge is 2.43. The number of halogens is 4. The van der Waals surface area contributed by atoms with Crippen molar-refractivity contribution < 1.29 is 22.8 Å². The van der Waals surface area contributed by atoms with Gasteiger partial charge >= 0.3 is 6.18 Å². The first kappa shape index (κ1) is 24.9. The second-order valence-corrected chi connectivity index (χ2v) is 9.17. The highest BCUT2D eigenvalue weighted by atomic mass is 79.9. The molecule has 3 heterocycles. The lowest BCUT2D eigenvalue weighted by molar-refractivity contribution is -0.142. The maximum atomic E-state index is 13.5. The molecule has 0 bridgehead atoms. The van der Waals surface area contributed by atoms with Crippen LogP contribution < -0.4 is 10.6 Å². The fraction of sp³-hybridized carbons (Fsp3) is 0.476. The van der Waals surface area contributed by atoms with Crippen LogP contribution in [0.15, 0.2) is 16.9 Å². The van der Waals surface area contributed by atoms with E-state index < -0.39 is 29.7 Å². The molecule has 1 aliphatic carbocycles. The van der Waals surface area contributed by atoms with Gasteiger partial charge in [-0.1, -0.05) is 0 Å². The third-order valence-electron chi connectivity index (χ3n) is 5.96. The molecule has 3 aromatic rings. The Hall–Kier alpha value is -3.16. The number of nitrogens with one attached hydrogen (secondary N) is 2. The number of aromatic nitrogens is 6. The van der Waals surface area contributed by atoms with Crippen LogP contribution in [-0.4, -0.2) is 41.2 Å². The van der Waals surface area contributed by atoms with Crippen LogP contribution in [-0.2, 0) is 24.6 Å². The van der Waals surface area contributed by atoms with Crippen molar-refractivity contribution in [1.29, 1.82) is 0 Å². The predicted octanol–water partition coefficient (Wildman–Crippen LogP) is 4.25. The Labute approximate surface area is 207 Å². The molecule has 1 fully saturated rings. The molecule has 0 aliphatic heterocycles. The molecule has 35 heavy (non-hydrogen) atoms. The number of hydrogen-bond donors (Lipinski definition) is 2. The first-order chi connectivity index (χ1) is 16.4. The van der Waals surface area contributed by atoms with Crippen molar-refractivity contribution in [2.24, 2.45) is 7.05 Å². The average Bonchev–Trinajstić information content (AvgIpc) is 3.34. The SMILES string of the molecule is CCn1ncc(NC(=O)C(C)n2nc(C(F)(F)F)c(Br)c2C2CC2)c1C(=O)Nc1cnn(C)c1C. The largest absolute Gasteiger partial charge is 0.436 e. The molecule has 1 saturated carbocycles. The van der Waals surface area contributed by atoms with Gasteiger partial charge < -0.3 is 10.6 Å². The minimum absolute atomic E-state index is 0.102. The Morgan fingerprint density at radius 3 is 2.40 bits per heavy atom. The molecule has 2 amide bonds. The van der Waals surface area contributed by atoms with Gasteiger partial charge in [0.15, 0.2) is 5.69 Å². The summed E-state index contributed by atoms with van der Waals surface area (Å²) >= 11 is 3.04. The summed E-state index contributed by atoms with van der Waals surface area (Å²) in [7, 11) is 1.74. The van der Waals surface area contributed by atoms with Crippen LogP contribution in [0.25, 0.3) is 0 Å². The maximum absolute atomic E-state index is 13.5. The summed E-state index contributed by atoms with van der Waals surface area (Å²) in [5.41, 5.74) is 0.757. The molecule has 1 atom stereocenters. The van der Waals surface area contributed by atoms with Crippen molar-refractivity contribution in [2.75, 3.05) is 10.6 Å². The molecule has 1 aliphatic rings. The zero-order valence-corrected chi connectivity index (χ0v) is 21.0. The monoisotopic (exact) mass is 556 g/mol. The van der Waals surface area contributed by atoms with Crippen molar-refractivity contribution in [3.63, 3.8) is 0 Å². The van der Waals surface area contributed by atoms with Gasteiger partial charge in [-0.05, 0) is 49.5 Å². The van der Waals surface area contributed by atoms with E-state index in [0.29, 0.717) is 17.9 Å². The second kappa shape index (κ2) is 9.13. The van der Waals surface area contributed by atoms with Gasteiger partial charge in [0.2, 0.25) is 5.91 Å². The fourth-order valence-corrected chi connectivity index (χ4v) is 4.54. The second-order valence-electron chi connectivity index (χ2n) is 8.37. The zero-order chi connectivity index (χ0) is 25.7. The summed E-state index contributed by atoms with van der Waals surface area (Å²) < 4.78 is 44.4. The highest BCUT2D eigenvalue weighted by molar-refractivity contribution is 9.10. The van der Waals surface area contributed by atoms with Gasteiger partial charge in [0.25, 0.3) is 5.91 Å². The van der Waals surface area contributed by atoms with Crippen molar-refractivity contribution in [3.05, 3.63) is 39.6 Å². The summed E-state index contributed by atoms with van der Waals surface area (Å²) in [6.45, 7) is 5.39. The van der Waals surface area contributed by atoms with Crippen LogP contribution >= 0.6 is 15.9 Å². The molecular weight excluding hydrogens is 533 g/mol. The lowest BCUT2D eigenvalue weighted by atomic mass is 10.2. The molecule has 3 aromatic heterocycles. The summed E-state index contributed by atoms with van der Waals surface area (Å²) in [6, 6.07) is -1.07. The van der Waals surface area contributed by atoms with Gasteiger partial charge in [-0.2, -0.15) is 28.5 Å². The molecule has 0 saturated heterocycles. The Morgan fingerprint density at radius 1 is 1.20 bits per heavy atom. The van der Waals surface area contributed by atoms with Crippen LogP contribution in [0.5, 0.6) is 0 Å². The third-order valence-corrected chi connectivity index (χ3v) is 6.74. The number of carbonyl (C=O) groups excluding carboxylic acids is 2. The Balaban J connectivity index is 1.61. The van der Waals surface area contributed by atoms with Gasteiger partial charge in [-0.25, -0.2) is 0 Å². The standard InChI is InChI=1S/C21H24BrF3N8O2/c1-5-32-17(20(35)28-13-8-26-31(4)10(13)2)14(9-27-32)29-19(34)11(3)33-16(12-6-7-12)15(22)18(30-33)21(23,24)25/h8-9,11-12H,5-7H2,1-4H3,(H,28,35)(H,29,34). The van der Waals surface area contributed by atoms with Crippen molar-refractivity contribution in [1.82, 2.24) is 29.3 Å². The van der Waals surface area contributed by atoms with Crippen LogP contribution in [0, 0.1) is 6.92 Å². The topological polar surface area (TPSA) is 112 Å². The molecule has 0 radical (unpaired) electrons. The quantitative estimate of drug-likeness (QED) is 0.451. The molecule has 2 N–H and O–H groups in total. The van der Waals surface area contributed by atoms with E-state index in [1.165, 1.54) is 24.0 Å². The number of carbonyl (C=O) groups is 2. The van der Waals surface area contributed by atoms with E-state index in [-0.39, 0.29) is 21.8 Å². The normalized spacial score (nSPS) is 14.7. The zero-order valence-electron chi connectivity index (χ0n) is 19.4. The van der Waals surface area contributed by atoms with E-state index in [4.69, 9.17) is 0 Å². The Morgan fingerprint density at radius 2 is 1.86 bits per heavy atom. The summed E-state index contributed by atoms with van der Waals surface area (Å²) in [6.07, 6.45) is -0.384. The molecule has 188 valence electrons. The van der Waals surface area contributed by atoms with Gasteiger partial charge in [0, 0.05) is 19.5 Å². The van der Waals surface area contributed by atoms with Gasteiger partial charge in [-0.3, -0.25) is 23.6 Å². The lowest BCUT2D eigenvalue weighted by Gasteiger charge is -2.16. The number of anilines is 2. The van der Waals surface area contributed by atoms with E-state index in [1.54, 1.807) is 25.6 Å². The number of nitrogens with zero attached hydrogens (tertiary/aromatic N) is 6. The van der Waals surface area contributed by atoms with E-state index >= 15 is 0 Å². The summed E-state index contributed by atoms with van der Waals surface area (Å²) in [5, 5.41) is 17.4. The number of rotatable bonds is 7. The van der Waals surface area contributed by atoms with Crippen LogP contribution in [0.2, 0.25) is 0 Å². The maximum Gasteiger partial charge on any atom is 0.436 e. The molecule has 4 rings (SSSR count). The van der Waals surface area contributed by atoms with Gasteiger partial charge in [0.1, 0.15) is 11.7 Å². The Bertz CT molecular complexity index is 1290. The molecular formula is C21H24BrF3N8O2. The molecule has 0 aromatic carbocycles. The average molecular weight is 557 g/mol. The molecule has 14 heteroatoms. The molecule has 1 unspecified atom stereocenters. The Kier molecular flexibility index (Phi) is 6.51. The summed E-state index contributed by atoms with van der Waals surface area (Å²) in [5.74, 6) is -1.24. The van der Waals surface area contributed by atoms with E-state index in [1.807, 2.05) is 0 Å². The van der Waals surface area contributed by atoms with Crippen LogP contribution in [0.1, 0.15) is 66.2 Å². The minimum atomic E-state index is -4.66. The van der Waals surface area contributed by atoms with Gasteiger partial charge in [-0.15, -0.1) is 0 Å². The minimum Gasteiger partial charge on any atom is -0.321 e. The van der Waals surface area contributed by atoms with E-state index in [2.05, 4.69) is 41.9 Å². The number of hydrogen-bond acceptors (Lipinski definition) is 5. The first-order valence-electron chi connectivity index (χ1n) is 11.0. The highest BCUT2D eigenvalue weighted by Crippen LogP contribution is 2.47. The van der Waals surface area contributed by atoms with Crippen molar-refractivity contribution in [3.8, 4) is 0 Å². The van der Waals surface area contributed by atoms with Crippen molar-refractivity contribution >= 4 is 39.1 Å². The van der Waals surface area contributed by atoms with Crippen LogP contribution in [0.3, 0.4) is 0 Å². The smallest absolute Gasteiger partial charge is 0.321 e. The third kappa shape index (κ3) is 4.70. The van der Waals surface area contributed by atoms with Gasteiger partial charge in [0.05, 0.1) is 39.6 Å². The lowest BCUT2D eigenvalue weighted by Crippen LogP contribution is -2.27. The van der Waals surface area contributed by atoms with E-state index in [9.17, 15) is 22.8 Å². The van der Waals surface area contributed by atoms with Crippen LogP contribution in [0.4, 0.5) is 24.5 Å². The number of aryl methyl sites for hydroxylation is 2. The van der Waals surface area contributed by atoms with E-state index in [0.717, 1.165) is 23.2 Å². The summed E-state index contributed by atoms with van der Waals surface area (Å²) in [4.78, 5) is 26.2. The van der Waals surface area contributed by atoms with Crippen molar-refractivity contribution in [2.45, 2.75) is 58.3 Å². The molecule has 10 nitrogen and oxygen atoms in total. The number of alkyl halides is 3. The number of amides is 2. The fourth-order valence-electron chi connectivity index (χ4n) is 3.73. The first-order valence-corrected chi connectivity index (χ1v) is 11.7.